The lowest BCUT2D eigenvalue weighted by Crippen LogP contribution is -2.44. The van der Waals surface area contributed by atoms with Crippen molar-refractivity contribution in [2.45, 2.75) is 87.9 Å². The molecule has 0 saturated carbocycles. The van der Waals surface area contributed by atoms with Crippen molar-refractivity contribution in [1.29, 1.82) is 10.5 Å². The number of benzene rings is 4. The Bertz CT molecular complexity index is 3790. The molecule has 0 spiro atoms. The van der Waals surface area contributed by atoms with Gasteiger partial charge >= 0.3 is 0 Å². The first-order chi connectivity index (χ1) is 42.7. The average Bonchev–Trinajstić information content (AvgIpc) is 1.56. The third kappa shape index (κ3) is 15.4. The topological polar surface area (TPSA) is 305 Å². The quantitative estimate of drug-likeness (QED) is 0.0476. The molecule has 4 atom stereocenters. The van der Waals surface area contributed by atoms with Gasteiger partial charge in [0, 0.05) is 41.4 Å². The highest BCUT2D eigenvalue weighted by Gasteiger charge is 2.42. The molecule has 8 aromatic rings. The van der Waals surface area contributed by atoms with Gasteiger partial charge in [-0.2, -0.15) is 10.5 Å². The van der Waals surface area contributed by atoms with E-state index in [1.807, 2.05) is 12.1 Å². The molecule has 0 amide bonds. The summed E-state index contributed by atoms with van der Waals surface area (Å²) < 4.78 is 97.4. The van der Waals surface area contributed by atoms with E-state index in [2.05, 4.69) is 69.6 Å². The Morgan fingerprint density at radius 1 is 0.478 bits per heavy atom. The van der Waals surface area contributed by atoms with Crippen LogP contribution in [0.15, 0.2) is 121 Å². The number of hydrogen-bond donors (Lipinski definition) is 2. The summed E-state index contributed by atoms with van der Waals surface area (Å²) in [6.07, 6.45) is -2.79. The molecule has 0 unspecified atom stereocenters. The molecule has 90 heavy (non-hydrogen) atoms. The number of methoxy groups -OCH3 is 6. The van der Waals surface area contributed by atoms with Crippen LogP contribution in [0.2, 0.25) is 51.4 Å². The lowest BCUT2D eigenvalue weighted by atomic mass is 10.1. The molecule has 0 saturated heterocycles. The van der Waals surface area contributed by atoms with E-state index in [-0.39, 0.29) is 36.6 Å². The van der Waals surface area contributed by atoms with Crippen LogP contribution in [0, 0.1) is 22.7 Å². The second kappa shape index (κ2) is 29.2. The minimum atomic E-state index is -4.30. The van der Waals surface area contributed by atoms with Crippen molar-refractivity contribution in [2.24, 2.45) is 0 Å². The summed E-state index contributed by atoms with van der Waals surface area (Å²) in [4.78, 5) is 9.09. The summed E-state index contributed by atoms with van der Waals surface area (Å²) in [5, 5.41) is 56.2. The number of ether oxygens (including phenoxy) is 6. The molecule has 4 heterocycles. The third-order valence-corrected chi connectivity index (χ3v) is 22.4. The molecule has 4 aromatic carbocycles. The highest BCUT2D eigenvalue weighted by molar-refractivity contribution is 7.93. The van der Waals surface area contributed by atoms with Crippen LogP contribution in [-0.2, 0) is 20.0 Å². The van der Waals surface area contributed by atoms with E-state index in [0.717, 1.165) is 0 Å². The number of sulfonamides is 2. The monoisotopic (exact) mass is 1300 g/mol. The second-order valence-electron chi connectivity index (χ2n) is 23.1. The lowest BCUT2D eigenvalue weighted by molar-refractivity contribution is 0.175. The van der Waals surface area contributed by atoms with Crippen LogP contribution in [0.5, 0.6) is 34.8 Å². The first-order valence-electron chi connectivity index (χ1n) is 28.5. The van der Waals surface area contributed by atoms with Crippen molar-refractivity contribution in [3.05, 3.63) is 144 Å². The van der Waals surface area contributed by atoms with E-state index in [1.165, 1.54) is 65.1 Å². The number of aromatic nitrogens is 8. The fourth-order valence-corrected chi connectivity index (χ4v) is 14.6. The number of nitrogens with zero attached hydrogens (tertiary/aromatic N) is 12. The van der Waals surface area contributed by atoms with E-state index in [0.29, 0.717) is 91.9 Å². The van der Waals surface area contributed by atoms with Gasteiger partial charge in [-0.3, -0.25) is 9.13 Å². The summed E-state index contributed by atoms with van der Waals surface area (Å²) in [5.74, 6) is 2.60. The Morgan fingerprint density at radius 2 is 0.789 bits per heavy atom. The van der Waals surface area contributed by atoms with Gasteiger partial charge in [-0.05, 0) is 97.7 Å². The Morgan fingerprint density at radius 3 is 1.07 bits per heavy atom. The van der Waals surface area contributed by atoms with E-state index < -0.39 is 58.9 Å². The van der Waals surface area contributed by atoms with Gasteiger partial charge in [0.05, 0.1) is 78.1 Å². The fourth-order valence-electron chi connectivity index (χ4n) is 9.36. The highest BCUT2D eigenvalue weighted by Crippen LogP contribution is 2.42. The molecule has 28 heteroatoms. The molecule has 4 aromatic heterocycles. The van der Waals surface area contributed by atoms with Crippen molar-refractivity contribution in [3.8, 4) is 81.3 Å². The SMILES string of the molecule is COc1cccc(-c2nnc(N(CC[Si](C)(C)C)S(=O)(=O)[C@H](C)[C@@H](O)c3ccc(C#N)cc3)n2-c2c(OC)cccc2OC)n1.COc1cccc(-c2nnc(N(CC[Si](C)(C)C)S(=O)(=O)[C@H](C)[C@H](O)c3ccc(C#N)cc3)n2-c2c(OC)cccc2OC)n1. The molecular formula is C62H76N12O12S2Si2. The van der Waals surface area contributed by atoms with Gasteiger partial charge in [0.1, 0.15) is 56.3 Å². The third-order valence-electron chi connectivity index (χ3n) is 14.6. The second-order valence-corrected chi connectivity index (χ2v) is 38.8. The van der Waals surface area contributed by atoms with Gasteiger partial charge < -0.3 is 38.6 Å². The predicted octanol–water partition coefficient (Wildman–Crippen LogP) is 9.65. The van der Waals surface area contributed by atoms with E-state index in [1.54, 1.807) is 130 Å². The highest BCUT2D eigenvalue weighted by atomic mass is 32.2. The first kappa shape index (κ1) is 68.6. The first-order valence-corrected chi connectivity index (χ1v) is 38.9. The Kier molecular flexibility index (Phi) is 22.2. The number of nitriles is 2. The summed E-state index contributed by atoms with van der Waals surface area (Å²) in [7, 11) is -3.21. The van der Waals surface area contributed by atoms with Crippen LogP contribution in [0.1, 0.15) is 48.3 Å². The number of hydrogen-bond acceptors (Lipinski definition) is 20. The van der Waals surface area contributed by atoms with Crippen LogP contribution in [0.25, 0.3) is 34.4 Å². The lowest BCUT2D eigenvalue weighted by Gasteiger charge is -2.31. The van der Waals surface area contributed by atoms with E-state index >= 15 is 0 Å². The van der Waals surface area contributed by atoms with Gasteiger partial charge in [-0.1, -0.05) is 87.8 Å². The molecule has 2 N–H and O–H groups in total. The Balaban J connectivity index is 0.000000256. The summed E-state index contributed by atoms with van der Waals surface area (Å²) in [6, 6.07) is 38.3. The largest absolute Gasteiger partial charge is 0.494 e. The summed E-state index contributed by atoms with van der Waals surface area (Å²) in [6.45, 7) is 16.0. The molecule has 24 nitrogen and oxygen atoms in total. The molecule has 0 fully saturated rings. The number of rotatable bonds is 26. The zero-order chi connectivity index (χ0) is 65.9. The van der Waals surface area contributed by atoms with Gasteiger partial charge in [0.15, 0.2) is 11.6 Å². The van der Waals surface area contributed by atoms with Gasteiger partial charge in [-0.25, -0.2) is 35.4 Å². The van der Waals surface area contributed by atoms with Crippen molar-refractivity contribution in [2.75, 3.05) is 64.4 Å². The number of aliphatic hydroxyl groups excluding tert-OH is 2. The van der Waals surface area contributed by atoms with Gasteiger partial charge in [0.2, 0.25) is 43.7 Å². The molecule has 0 aliphatic rings. The maximum absolute atomic E-state index is 14.6. The van der Waals surface area contributed by atoms with E-state index in [4.69, 9.17) is 28.4 Å². The number of pyridine rings is 2. The Labute approximate surface area is 528 Å². The van der Waals surface area contributed by atoms with Gasteiger partial charge in [0.25, 0.3) is 0 Å². The predicted molar refractivity (Wildman–Crippen MR) is 348 cm³/mol. The maximum Gasteiger partial charge on any atom is 0.246 e. The van der Waals surface area contributed by atoms with Crippen LogP contribution < -0.4 is 37.0 Å². The molecule has 0 radical (unpaired) electrons. The summed E-state index contributed by atoms with van der Waals surface area (Å²) in [5.41, 5.74) is 3.01. The van der Waals surface area contributed by atoms with Crippen molar-refractivity contribution in [1.82, 2.24) is 39.5 Å². The van der Waals surface area contributed by atoms with Crippen molar-refractivity contribution < 1.29 is 55.5 Å². The molecule has 0 aliphatic heterocycles. The summed E-state index contributed by atoms with van der Waals surface area (Å²) >= 11 is 0. The minimum Gasteiger partial charge on any atom is -0.494 e. The Hall–Kier alpha value is -8.91. The van der Waals surface area contributed by atoms with Crippen molar-refractivity contribution in [3.63, 3.8) is 0 Å². The van der Waals surface area contributed by atoms with Gasteiger partial charge in [-0.15, -0.1) is 20.4 Å². The fraction of sp³-hybridized carbons (Fsp3) is 0.355. The van der Waals surface area contributed by atoms with Crippen LogP contribution in [0.4, 0.5) is 11.9 Å². The number of anilines is 2. The smallest absolute Gasteiger partial charge is 0.246 e. The van der Waals surface area contributed by atoms with Crippen LogP contribution in [-0.4, -0.2) is 149 Å². The standard InChI is InChI=1S/2C31H38N6O6SSi/c2*1-21(29(38)23-16-14-22(20-32)15-17-23)44(39,40)36(18-19-45(5,6)7)31-35-34-30(24-10-8-13-27(33-24)43-4)37(31)28-25(41-2)11-9-12-26(28)42-3/h2*8-17,21,29,38H,18-19H2,1-7H3/t21-,29+;21-,29-/m11/s1. The zero-order valence-electron chi connectivity index (χ0n) is 52.8. The van der Waals surface area contributed by atoms with Crippen LogP contribution in [0.3, 0.4) is 0 Å². The minimum absolute atomic E-state index is 0.0189. The molecular weight excluding hydrogens is 1230 g/mol. The van der Waals surface area contributed by atoms with Crippen LogP contribution >= 0.6 is 0 Å². The average molecular weight is 1300 g/mol. The van der Waals surface area contributed by atoms with Crippen molar-refractivity contribution >= 4 is 48.1 Å². The van der Waals surface area contributed by atoms with E-state index in [9.17, 15) is 37.6 Å². The maximum atomic E-state index is 14.6. The number of aliphatic hydroxyl groups is 2. The normalized spacial score (nSPS) is 13.0. The molecule has 0 bridgehead atoms. The zero-order valence-corrected chi connectivity index (χ0v) is 56.5. The molecule has 476 valence electrons. The number of para-hydroxylation sites is 2. The molecule has 0 aliphatic carbocycles. The molecule has 8 rings (SSSR count).